The summed E-state index contributed by atoms with van der Waals surface area (Å²) in [5.41, 5.74) is 3.57. The van der Waals surface area contributed by atoms with Crippen molar-refractivity contribution >= 4 is 27.4 Å². The minimum Gasteiger partial charge on any atom is -0.478 e. The van der Waals surface area contributed by atoms with Gasteiger partial charge in [0.2, 0.25) is 0 Å². The number of carbonyl (C=O) groups is 1. The van der Waals surface area contributed by atoms with E-state index in [-0.39, 0.29) is 16.1 Å². The van der Waals surface area contributed by atoms with E-state index in [0.717, 1.165) is 37.3 Å². The number of aryl methyl sites for hydroxylation is 3. The van der Waals surface area contributed by atoms with E-state index < -0.39 is 16.0 Å². The van der Waals surface area contributed by atoms with Gasteiger partial charge in [-0.25, -0.2) is 13.2 Å². The Morgan fingerprint density at radius 1 is 0.912 bits per heavy atom. The van der Waals surface area contributed by atoms with Crippen molar-refractivity contribution in [1.29, 1.82) is 0 Å². The number of aromatic carboxylic acids is 1. The molecule has 7 nitrogen and oxygen atoms in total. The molecule has 34 heavy (non-hydrogen) atoms. The van der Waals surface area contributed by atoms with Crippen molar-refractivity contribution in [3.8, 4) is 0 Å². The first-order valence-corrected chi connectivity index (χ1v) is 13.6. The highest BCUT2D eigenvalue weighted by Crippen LogP contribution is 2.30. The van der Waals surface area contributed by atoms with Gasteiger partial charge >= 0.3 is 5.97 Å². The van der Waals surface area contributed by atoms with Crippen LogP contribution in [-0.4, -0.2) is 56.6 Å². The molecular formula is C26H35N3O4S. The highest BCUT2D eigenvalue weighted by molar-refractivity contribution is 7.92. The smallest absolute Gasteiger partial charge is 0.337 e. The van der Waals surface area contributed by atoms with E-state index in [9.17, 15) is 18.3 Å². The zero-order valence-corrected chi connectivity index (χ0v) is 21.1. The van der Waals surface area contributed by atoms with Crippen LogP contribution in [0.1, 0.15) is 59.2 Å². The van der Waals surface area contributed by atoms with Gasteiger partial charge in [-0.05, 0) is 74.6 Å². The summed E-state index contributed by atoms with van der Waals surface area (Å²) in [6.45, 7) is 8.96. The lowest BCUT2D eigenvalue weighted by Gasteiger charge is -2.41. The highest BCUT2D eigenvalue weighted by Gasteiger charge is 2.27. The van der Waals surface area contributed by atoms with Crippen molar-refractivity contribution in [1.82, 2.24) is 4.90 Å². The fourth-order valence-electron chi connectivity index (χ4n) is 5.25. The van der Waals surface area contributed by atoms with Gasteiger partial charge in [-0.2, -0.15) is 0 Å². The topological polar surface area (TPSA) is 90.0 Å². The molecule has 2 aromatic rings. The summed E-state index contributed by atoms with van der Waals surface area (Å²) in [5.74, 6) is -1.06. The molecule has 0 bridgehead atoms. The molecule has 8 heteroatoms. The predicted molar refractivity (Wildman–Crippen MR) is 136 cm³/mol. The molecule has 4 rings (SSSR count). The van der Waals surface area contributed by atoms with E-state index in [4.69, 9.17) is 0 Å². The van der Waals surface area contributed by atoms with Crippen LogP contribution in [0.4, 0.5) is 11.4 Å². The van der Waals surface area contributed by atoms with Gasteiger partial charge in [0.1, 0.15) is 0 Å². The van der Waals surface area contributed by atoms with Gasteiger partial charge in [0.15, 0.2) is 0 Å². The minimum absolute atomic E-state index is 0.114. The number of benzene rings is 2. The first-order chi connectivity index (χ1) is 16.2. The third-order valence-corrected chi connectivity index (χ3v) is 8.83. The van der Waals surface area contributed by atoms with E-state index in [2.05, 4.69) is 14.5 Å². The van der Waals surface area contributed by atoms with Crippen LogP contribution >= 0.6 is 0 Å². The standard InChI is InChI=1S/C26H35N3O4S/c1-18-15-20(3)25(16-19(18)2)34(32,33)27-21-9-10-24(23(17-21)26(30)31)29-13-11-28(12-14-29)22-7-5-4-6-8-22/h9-10,15-17,22,27H,4-8,11-14H2,1-3H3,(H,30,31). The van der Waals surface area contributed by atoms with E-state index in [0.29, 0.717) is 17.3 Å². The number of nitrogens with zero attached hydrogens (tertiary/aromatic N) is 2. The molecule has 1 heterocycles. The van der Waals surface area contributed by atoms with Gasteiger partial charge in [-0.3, -0.25) is 9.62 Å². The van der Waals surface area contributed by atoms with Gasteiger partial charge < -0.3 is 10.0 Å². The van der Waals surface area contributed by atoms with Crippen LogP contribution in [0.15, 0.2) is 35.2 Å². The fourth-order valence-corrected chi connectivity index (χ4v) is 6.62. The third-order valence-electron chi connectivity index (χ3n) is 7.31. The summed E-state index contributed by atoms with van der Waals surface area (Å²) in [6, 6.07) is 8.97. The normalized spacial score (nSPS) is 18.1. The van der Waals surface area contributed by atoms with Crippen LogP contribution in [0.3, 0.4) is 0 Å². The lowest BCUT2D eigenvalue weighted by Crippen LogP contribution is -2.51. The summed E-state index contributed by atoms with van der Waals surface area (Å²) in [4.78, 5) is 16.9. The maximum atomic E-state index is 13.1. The average Bonchev–Trinajstić information content (AvgIpc) is 2.81. The Kier molecular flexibility index (Phi) is 7.19. The molecule has 184 valence electrons. The number of carboxylic acids is 1. The quantitative estimate of drug-likeness (QED) is 0.623. The molecule has 0 atom stereocenters. The monoisotopic (exact) mass is 485 g/mol. The summed E-state index contributed by atoms with van der Waals surface area (Å²) < 4.78 is 28.7. The van der Waals surface area contributed by atoms with E-state index in [1.54, 1.807) is 25.1 Å². The Hall–Kier alpha value is -2.58. The number of hydrogen-bond acceptors (Lipinski definition) is 5. The minimum atomic E-state index is -3.85. The maximum absolute atomic E-state index is 13.1. The molecule has 0 spiro atoms. The Morgan fingerprint density at radius 3 is 2.21 bits per heavy atom. The summed E-state index contributed by atoms with van der Waals surface area (Å²) in [5, 5.41) is 9.89. The van der Waals surface area contributed by atoms with Gasteiger partial charge in [-0.15, -0.1) is 0 Å². The Balaban J connectivity index is 1.52. The van der Waals surface area contributed by atoms with Crippen LogP contribution in [0.2, 0.25) is 0 Å². The maximum Gasteiger partial charge on any atom is 0.337 e. The first kappa shape index (κ1) is 24.5. The van der Waals surface area contributed by atoms with Crippen molar-refractivity contribution in [2.24, 2.45) is 0 Å². The molecule has 1 aliphatic carbocycles. The number of rotatable bonds is 6. The Labute approximate surface area is 202 Å². The van der Waals surface area contributed by atoms with E-state index in [1.807, 2.05) is 19.9 Å². The molecule has 1 saturated heterocycles. The SMILES string of the molecule is Cc1cc(C)c(S(=O)(=O)Nc2ccc(N3CCN(C4CCCCC4)CC3)c(C(=O)O)c2)cc1C. The first-order valence-electron chi connectivity index (χ1n) is 12.1. The van der Waals surface area contributed by atoms with Gasteiger partial charge in [0.05, 0.1) is 16.1 Å². The molecule has 0 unspecified atom stereocenters. The van der Waals surface area contributed by atoms with Gasteiger partial charge in [-0.1, -0.05) is 25.3 Å². The number of anilines is 2. The molecule has 2 aliphatic rings. The van der Waals surface area contributed by atoms with Gasteiger partial charge in [0.25, 0.3) is 10.0 Å². The molecular weight excluding hydrogens is 450 g/mol. The zero-order valence-electron chi connectivity index (χ0n) is 20.3. The summed E-state index contributed by atoms with van der Waals surface area (Å²) in [7, 11) is -3.85. The Morgan fingerprint density at radius 2 is 1.56 bits per heavy atom. The van der Waals surface area contributed by atoms with E-state index >= 15 is 0 Å². The second-order valence-electron chi connectivity index (χ2n) is 9.66. The Bertz CT molecular complexity index is 1160. The number of carboxylic acid groups (broad SMARTS) is 1. The second-order valence-corrected chi connectivity index (χ2v) is 11.3. The molecule has 2 N–H and O–H groups in total. The van der Waals surface area contributed by atoms with Crippen molar-refractivity contribution in [2.75, 3.05) is 35.8 Å². The van der Waals surface area contributed by atoms with E-state index in [1.165, 1.54) is 38.2 Å². The molecule has 0 amide bonds. The second kappa shape index (κ2) is 9.96. The molecule has 0 radical (unpaired) electrons. The lowest BCUT2D eigenvalue weighted by atomic mass is 9.94. The summed E-state index contributed by atoms with van der Waals surface area (Å²) in [6.07, 6.45) is 6.45. The molecule has 2 fully saturated rings. The molecule has 2 aromatic carbocycles. The average molecular weight is 486 g/mol. The summed E-state index contributed by atoms with van der Waals surface area (Å²) >= 11 is 0. The number of nitrogens with one attached hydrogen (secondary N) is 1. The van der Waals surface area contributed by atoms with Crippen molar-refractivity contribution < 1.29 is 18.3 Å². The molecule has 0 aromatic heterocycles. The highest BCUT2D eigenvalue weighted by atomic mass is 32.2. The zero-order chi connectivity index (χ0) is 24.5. The lowest BCUT2D eigenvalue weighted by molar-refractivity contribution is 0.0697. The van der Waals surface area contributed by atoms with Crippen molar-refractivity contribution in [2.45, 2.75) is 63.8 Å². The molecule has 1 aliphatic heterocycles. The van der Waals surface area contributed by atoms with Gasteiger partial charge in [0, 0.05) is 37.9 Å². The van der Waals surface area contributed by atoms with Crippen molar-refractivity contribution in [3.05, 3.63) is 52.6 Å². The van der Waals surface area contributed by atoms with Crippen LogP contribution in [0.25, 0.3) is 0 Å². The van der Waals surface area contributed by atoms with Crippen LogP contribution in [-0.2, 0) is 10.0 Å². The van der Waals surface area contributed by atoms with Crippen molar-refractivity contribution in [3.63, 3.8) is 0 Å². The third kappa shape index (κ3) is 5.23. The fraction of sp³-hybridized carbons (Fsp3) is 0.500. The van der Waals surface area contributed by atoms with Crippen LogP contribution in [0, 0.1) is 20.8 Å². The van der Waals surface area contributed by atoms with Crippen LogP contribution < -0.4 is 9.62 Å². The largest absolute Gasteiger partial charge is 0.478 e. The predicted octanol–water partition coefficient (Wildman–Crippen LogP) is 4.57. The number of piperazine rings is 1. The van der Waals surface area contributed by atoms with Crippen LogP contribution in [0.5, 0.6) is 0 Å². The number of hydrogen-bond donors (Lipinski definition) is 2. The molecule has 1 saturated carbocycles. The number of sulfonamides is 1.